The predicted octanol–water partition coefficient (Wildman–Crippen LogP) is 2.58. The van der Waals surface area contributed by atoms with Crippen LogP contribution in [0.1, 0.15) is 29.8 Å². The van der Waals surface area contributed by atoms with E-state index in [1.54, 1.807) is 0 Å². The molecule has 0 aliphatic rings. The number of carbonyl (C=O) groups excluding carboxylic acids is 1. The number of benzene rings is 1. The SMILES string of the molecule is COC(=O)c1cc(CNC(C)C)ccc1I. The van der Waals surface area contributed by atoms with Crippen molar-refractivity contribution in [1.29, 1.82) is 0 Å². The molecule has 0 heterocycles. The fraction of sp³-hybridized carbons (Fsp3) is 0.417. The van der Waals surface area contributed by atoms with Crippen molar-refractivity contribution in [3.05, 3.63) is 32.9 Å². The monoisotopic (exact) mass is 333 g/mol. The summed E-state index contributed by atoms with van der Waals surface area (Å²) >= 11 is 2.14. The molecular weight excluding hydrogens is 317 g/mol. The van der Waals surface area contributed by atoms with Crippen molar-refractivity contribution in [3.63, 3.8) is 0 Å². The second-order valence-corrected chi connectivity index (χ2v) is 5.00. The molecule has 0 fully saturated rings. The molecule has 0 aliphatic heterocycles. The van der Waals surface area contributed by atoms with Gasteiger partial charge in [0.2, 0.25) is 0 Å². The number of carbonyl (C=O) groups is 1. The Morgan fingerprint density at radius 3 is 2.75 bits per heavy atom. The van der Waals surface area contributed by atoms with Gasteiger partial charge in [0.1, 0.15) is 0 Å². The number of esters is 1. The Morgan fingerprint density at radius 1 is 1.50 bits per heavy atom. The molecular formula is C12H16INO2. The van der Waals surface area contributed by atoms with E-state index in [0.29, 0.717) is 11.6 Å². The third kappa shape index (κ3) is 3.75. The molecule has 1 aromatic carbocycles. The number of methoxy groups -OCH3 is 1. The summed E-state index contributed by atoms with van der Waals surface area (Å²) in [5, 5.41) is 3.31. The van der Waals surface area contributed by atoms with Gasteiger partial charge in [0, 0.05) is 16.2 Å². The van der Waals surface area contributed by atoms with Crippen LogP contribution >= 0.6 is 22.6 Å². The molecule has 16 heavy (non-hydrogen) atoms. The molecule has 0 saturated carbocycles. The van der Waals surface area contributed by atoms with Gasteiger partial charge in [-0.2, -0.15) is 0 Å². The van der Waals surface area contributed by atoms with E-state index in [2.05, 4.69) is 41.8 Å². The van der Waals surface area contributed by atoms with E-state index >= 15 is 0 Å². The van der Waals surface area contributed by atoms with Crippen molar-refractivity contribution in [2.24, 2.45) is 0 Å². The zero-order chi connectivity index (χ0) is 12.1. The summed E-state index contributed by atoms with van der Waals surface area (Å²) in [6, 6.07) is 6.26. The molecule has 88 valence electrons. The van der Waals surface area contributed by atoms with E-state index in [9.17, 15) is 4.79 Å². The highest BCUT2D eigenvalue weighted by atomic mass is 127. The number of ether oxygens (including phenoxy) is 1. The summed E-state index contributed by atoms with van der Waals surface area (Å²) in [6.45, 7) is 4.94. The molecule has 1 N–H and O–H groups in total. The largest absolute Gasteiger partial charge is 0.465 e. The van der Waals surface area contributed by atoms with Crippen LogP contribution in [0.15, 0.2) is 18.2 Å². The summed E-state index contributed by atoms with van der Waals surface area (Å²) in [4.78, 5) is 11.5. The lowest BCUT2D eigenvalue weighted by molar-refractivity contribution is 0.0599. The van der Waals surface area contributed by atoms with Crippen LogP contribution in [0.2, 0.25) is 0 Å². The number of rotatable bonds is 4. The number of hydrogen-bond acceptors (Lipinski definition) is 3. The first-order valence-corrected chi connectivity index (χ1v) is 6.22. The van der Waals surface area contributed by atoms with Gasteiger partial charge in [-0.05, 0) is 40.3 Å². The Balaban J connectivity index is 2.85. The molecule has 0 amide bonds. The van der Waals surface area contributed by atoms with Crippen molar-refractivity contribution < 1.29 is 9.53 Å². The summed E-state index contributed by atoms with van der Waals surface area (Å²) in [5.74, 6) is -0.282. The second kappa shape index (κ2) is 6.20. The average Bonchev–Trinajstić information content (AvgIpc) is 2.27. The van der Waals surface area contributed by atoms with Crippen molar-refractivity contribution in [3.8, 4) is 0 Å². The van der Waals surface area contributed by atoms with Gasteiger partial charge >= 0.3 is 5.97 Å². The molecule has 0 bridgehead atoms. The summed E-state index contributed by atoms with van der Waals surface area (Å²) < 4.78 is 5.65. The number of nitrogens with one attached hydrogen (secondary N) is 1. The smallest absolute Gasteiger partial charge is 0.338 e. The number of hydrogen-bond donors (Lipinski definition) is 1. The molecule has 0 saturated heterocycles. The first-order valence-electron chi connectivity index (χ1n) is 5.14. The van der Waals surface area contributed by atoms with E-state index in [1.165, 1.54) is 7.11 Å². The van der Waals surface area contributed by atoms with Gasteiger partial charge < -0.3 is 10.1 Å². The van der Waals surface area contributed by atoms with Gasteiger partial charge in [0.15, 0.2) is 0 Å². The van der Waals surface area contributed by atoms with E-state index in [0.717, 1.165) is 15.7 Å². The Kier molecular flexibility index (Phi) is 5.21. The van der Waals surface area contributed by atoms with E-state index in [1.807, 2.05) is 18.2 Å². The van der Waals surface area contributed by atoms with Gasteiger partial charge in [-0.3, -0.25) is 0 Å². The lowest BCUT2D eigenvalue weighted by atomic mass is 10.1. The van der Waals surface area contributed by atoms with Crippen molar-refractivity contribution in [2.75, 3.05) is 7.11 Å². The normalized spacial score (nSPS) is 10.6. The summed E-state index contributed by atoms with van der Waals surface area (Å²) in [7, 11) is 1.40. The van der Waals surface area contributed by atoms with E-state index in [-0.39, 0.29) is 5.97 Å². The Bertz CT molecular complexity index is 377. The van der Waals surface area contributed by atoms with E-state index in [4.69, 9.17) is 4.74 Å². The standard InChI is InChI=1S/C12H16INO2/c1-8(2)14-7-9-4-5-11(13)10(6-9)12(15)16-3/h4-6,8,14H,7H2,1-3H3. The fourth-order valence-electron chi connectivity index (χ4n) is 1.27. The first kappa shape index (κ1) is 13.4. The van der Waals surface area contributed by atoms with Gasteiger partial charge in [-0.25, -0.2) is 4.79 Å². The van der Waals surface area contributed by atoms with Crippen LogP contribution in [0.5, 0.6) is 0 Å². The highest BCUT2D eigenvalue weighted by molar-refractivity contribution is 14.1. The Labute approximate surface area is 110 Å². The quantitative estimate of drug-likeness (QED) is 0.680. The topological polar surface area (TPSA) is 38.3 Å². The molecule has 0 spiro atoms. The van der Waals surface area contributed by atoms with Crippen LogP contribution in [-0.2, 0) is 11.3 Å². The third-order valence-electron chi connectivity index (χ3n) is 2.15. The van der Waals surface area contributed by atoms with Crippen LogP contribution in [0, 0.1) is 3.57 Å². The molecule has 1 aromatic rings. The van der Waals surface area contributed by atoms with E-state index < -0.39 is 0 Å². The maximum Gasteiger partial charge on any atom is 0.338 e. The third-order valence-corrected chi connectivity index (χ3v) is 3.09. The van der Waals surface area contributed by atoms with Crippen molar-refractivity contribution >= 4 is 28.6 Å². The molecule has 0 radical (unpaired) electrons. The minimum atomic E-state index is -0.282. The molecule has 0 aromatic heterocycles. The lowest BCUT2D eigenvalue weighted by Crippen LogP contribution is -2.22. The maximum atomic E-state index is 11.5. The average molecular weight is 333 g/mol. The van der Waals surface area contributed by atoms with Gasteiger partial charge in [0.05, 0.1) is 12.7 Å². The molecule has 1 rings (SSSR count). The molecule has 0 atom stereocenters. The number of halogens is 1. The van der Waals surface area contributed by atoms with Crippen LogP contribution < -0.4 is 5.32 Å². The van der Waals surface area contributed by atoms with Crippen molar-refractivity contribution in [2.45, 2.75) is 26.4 Å². The molecule has 0 unspecified atom stereocenters. The zero-order valence-electron chi connectivity index (χ0n) is 9.71. The summed E-state index contributed by atoms with van der Waals surface area (Å²) in [5.41, 5.74) is 1.72. The van der Waals surface area contributed by atoms with Crippen molar-refractivity contribution in [1.82, 2.24) is 5.32 Å². The van der Waals surface area contributed by atoms with Crippen LogP contribution in [0.3, 0.4) is 0 Å². The van der Waals surface area contributed by atoms with Crippen LogP contribution in [0.4, 0.5) is 0 Å². The molecule has 0 aliphatic carbocycles. The second-order valence-electron chi connectivity index (χ2n) is 3.84. The molecule has 4 heteroatoms. The lowest BCUT2D eigenvalue weighted by Gasteiger charge is -2.10. The Hall–Kier alpha value is -0.620. The highest BCUT2D eigenvalue weighted by Crippen LogP contribution is 2.15. The maximum absolute atomic E-state index is 11.5. The summed E-state index contributed by atoms with van der Waals surface area (Å²) in [6.07, 6.45) is 0. The van der Waals surface area contributed by atoms with Crippen LogP contribution in [0.25, 0.3) is 0 Å². The minimum absolute atomic E-state index is 0.282. The van der Waals surface area contributed by atoms with Crippen LogP contribution in [-0.4, -0.2) is 19.1 Å². The predicted molar refractivity (Wildman–Crippen MR) is 72.5 cm³/mol. The highest BCUT2D eigenvalue weighted by Gasteiger charge is 2.10. The van der Waals surface area contributed by atoms with Gasteiger partial charge in [0.25, 0.3) is 0 Å². The van der Waals surface area contributed by atoms with Gasteiger partial charge in [-0.15, -0.1) is 0 Å². The molecule has 3 nitrogen and oxygen atoms in total. The minimum Gasteiger partial charge on any atom is -0.465 e. The zero-order valence-corrected chi connectivity index (χ0v) is 11.9. The first-order chi connectivity index (χ1) is 7.54. The van der Waals surface area contributed by atoms with Gasteiger partial charge in [-0.1, -0.05) is 19.9 Å². The fourth-order valence-corrected chi connectivity index (χ4v) is 1.83. The Morgan fingerprint density at radius 2 is 2.19 bits per heavy atom.